The van der Waals surface area contributed by atoms with Crippen LogP contribution in [0.1, 0.15) is 19.8 Å². The Kier molecular flexibility index (Phi) is 1.63. The molecule has 0 amide bonds. The molecule has 2 nitrogen and oxygen atoms in total. The first-order valence-electron chi connectivity index (χ1n) is 3.02. The molecule has 1 atom stereocenters. The minimum Gasteiger partial charge on any atom is -0.311 e. The summed E-state index contributed by atoms with van der Waals surface area (Å²) in [6.07, 6.45) is 1.78. The first kappa shape index (κ1) is 5.76. The van der Waals surface area contributed by atoms with Gasteiger partial charge in [-0.2, -0.15) is 0 Å². The van der Waals surface area contributed by atoms with Crippen molar-refractivity contribution in [2.45, 2.75) is 25.8 Å². The number of rotatable bonds is 3. The zero-order chi connectivity index (χ0) is 5.98. The minimum absolute atomic E-state index is 0.304. The fraction of sp³-hybridized carbons (Fsp3) is 0.833. The summed E-state index contributed by atoms with van der Waals surface area (Å²) in [5.74, 6) is 0.304. The number of nitrogens with one attached hydrogen (secondary N) is 1. The van der Waals surface area contributed by atoms with E-state index in [0.29, 0.717) is 11.8 Å². The summed E-state index contributed by atoms with van der Waals surface area (Å²) in [4.78, 5) is 10.3. The summed E-state index contributed by atoms with van der Waals surface area (Å²) < 4.78 is 0. The van der Waals surface area contributed by atoms with Crippen LogP contribution < -0.4 is 5.32 Å². The number of ketones is 1. The van der Waals surface area contributed by atoms with Gasteiger partial charge in [0.2, 0.25) is 0 Å². The molecule has 2 heteroatoms. The molecule has 0 spiro atoms. The maximum absolute atomic E-state index is 10.3. The van der Waals surface area contributed by atoms with Crippen LogP contribution in [0.5, 0.6) is 0 Å². The first-order chi connectivity index (χ1) is 3.79. The zero-order valence-electron chi connectivity index (χ0n) is 5.11. The molecule has 1 N–H and O–H groups in total. The van der Waals surface area contributed by atoms with Crippen molar-refractivity contribution in [2.24, 2.45) is 0 Å². The summed E-state index contributed by atoms with van der Waals surface area (Å²) in [5, 5.41) is 3.14. The van der Waals surface area contributed by atoms with E-state index in [4.69, 9.17) is 0 Å². The number of hydrogen-bond acceptors (Lipinski definition) is 2. The average molecular weight is 113 g/mol. The predicted molar refractivity (Wildman–Crippen MR) is 31.7 cm³/mol. The largest absolute Gasteiger partial charge is 0.311 e. The summed E-state index contributed by atoms with van der Waals surface area (Å²) in [6.45, 7) is 2.76. The molecule has 1 fully saturated rings. The van der Waals surface area contributed by atoms with Gasteiger partial charge in [0.15, 0.2) is 0 Å². The summed E-state index contributed by atoms with van der Waals surface area (Å²) >= 11 is 0. The Labute approximate surface area is 49.3 Å². The third kappa shape index (κ3) is 2.07. The molecule has 0 aromatic heterocycles. The van der Waals surface area contributed by atoms with Crippen LogP contribution in [0.3, 0.4) is 0 Å². The van der Waals surface area contributed by atoms with Crippen LogP contribution in [0.4, 0.5) is 0 Å². The molecule has 0 aromatic rings. The lowest BCUT2D eigenvalue weighted by Crippen LogP contribution is -1.95. The quantitative estimate of drug-likeness (QED) is 0.535. The highest BCUT2D eigenvalue weighted by molar-refractivity contribution is 5.75. The van der Waals surface area contributed by atoms with E-state index in [-0.39, 0.29) is 0 Å². The highest BCUT2D eigenvalue weighted by Crippen LogP contribution is 2.05. The molecule has 0 bridgehead atoms. The van der Waals surface area contributed by atoms with Crippen molar-refractivity contribution in [2.75, 3.05) is 6.54 Å². The Morgan fingerprint density at radius 2 is 2.50 bits per heavy atom. The molecule has 8 heavy (non-hydrogen) atoms. The maximum Gasteiger partial charge on any atom is 0.129 e. The van der Waals surface area contributed by atoms with Gasteiger partial charge in [-0.05, 0) is 13.3 Å². The summed E-state index contributed by atoms with van der Waals surface area (Å²) in [5.41, 5.74) is 0. The monoisotopic (exact) mass is 113 g/mol. The normalized spacial score (nSPS) is 25.4. The first-order valence-corrected chi connectivity index (χ1v) is 3.02. The van der Waals surface area contributed by atoms with E-state index in [0.717, 1.165) is 19.4 Å². The lowest BCUT2D eigenvalue weighted by atomic mass is 10.2. The number of carbonyl (C=O) groups is 1. The summed E-state index contributed by atoms with van der Waals surface area (Å²) in [6, 6.07) is 0.666. The lowest BCUT2D eigenvalue weighted by Gasteiger charge is -1.88. The molecule has 1 aliphatic rings. The van der Waals surface area contributed by atoms with E-state index >= 15 is 0 Å². The van der Waals surface area contributed by atoms with Crippen molar-refractivity contribution in [3.05, 3.63) is 0 Å². The van der Waals surface area contributed by atoms with Gasteiger partial charge in [-0.3, -0.25) is 0 Å². The molecule has 46 valence electrons. The highest BCUT2D eigenvalue weighted by atomic mass is 16.1. The van der Waals surface area contributed by atoms with E-state index in [1.165, 1.54) is 0 Å². The molecule has 1 saturated heterocycles. The molecule has 0 radical (unpaired) electrons. The van der Waals surface area contributed by atoms with Crippen LogP contribution in [0.2, 0.25) is 0 Å². The zero-order valence-corrected chi connectivity index (χ0v) is 5.11. The molecule has 0 aliphatic carbocycles. The van der Waals surface area contributed by atoms with Crippen molar-refractivity contribution in [3.63, 3.8) is 0 Å². The molecule has 0 saturated carbocycles. The second-order valence-corrected chi connectivity index (χ2v) is 2.35. The van der Waals surface area contributed by atoms with Crippen molar-refractivity contribution < 1.29 is 4.79 Å². The van der Waals surface area contributed by atoms with E-state index in [1.807, 2.05) is 0 Å². The van der Waals surface area contributed by atoms with Crippen molar-refractivity contribution >= 4 is 5.78 Å². The SMILES string of the molecule is CC(=O)CCC1CN1. The van der Waals surface area contributed by atoms with Crippen LogP contribution >= 0.6 is 0 Å². The van der Waals surface area contributed by atoms with Crippen molar-refractivity contribution in [3.8, 4) is 0 Å². The topological polar surface area (TPSA) is 39.0 Å². The van der Waals surface area contributed by atoms with Gasteiger partial charge in [0.25, 0.3) is 0 Å². The Hall–Kier alpha value is -0.370. The Balaban J connectivity index is 1.95. The molecular weight excluding hydrogens is 102 g/mol. The second kappa shape index (κ2) is 2.27. The highest BCUT2D eigenvalue weighted by Gasteiger charge is 2.19. The Morgan fingerprint density at radius 1 is 1.88 bits per heavy atom. The molecule has 1 rings (SSSR count). The minimum atomic E-state index is 0.304. The van der Waals surface area contributed by atoms with E-state index in [2.05, 4.69) is 5.32 Å². The average Bonchev–Trinajstić information content (AvgIpc) is 2.41. The smallest absolute Gasteiger partial charge is 0.129 e. The third-order valence-corrected chi connectivity index (χ3v) is 1.34. The van der Waals surface area contributed by atoms with Crippen LogP contribution in [-0.4, -0.2) is 18.4 Å². The maximum atomic E-state index is 10.3. The van der Waals surface area contributed by atoms with Gasteiger partial charge in [0, 0.05) is 19.0 Å². The van der Waals surface area contributed by atoms with E-state index in [9.17, 15) is 4.79 Å². The number of carbonyl (C=O) groups excluding carboxylic acids is 1. The van der Waals surface area contributed by atoms with Crippen molar-refractivity contribution in [1.82, 2.24) is 5.32 Å². The van der Waals surface area contributed by atoms with Crippen LogP contribution in [-0.2, 0) is 4.79 Å². The van der Waals surface area contributed by atoms with Gasteiger partial charge in [0.1, 0.15) is 5.78 Å². The summed E-state index contributed by atoms with van der Waals surface area (Å²) in [7, 11) is 0. The van der Waals surface area contributed by atoms with Gasteiger partial charge in [0.05, 0.1) is 0 Å². The molecular formula is C6H11NO. The van der Waals surface area contributed by atoms with Gasteiger partial charge in [-0.1, -0.05) is 0 Å². The Bertz CT molecular complexity index is 96.7. The van der Waals surface area contributed by atoms with Crippen molar-refractivity contribution in [1.29, 1.82) is 0 Å². The fourth-order valence-electron chi connectivity index (χ4n) is 0.665. The van der Waals surface area contributed by atoms with E-state index in [1.54, 1.807) is 6.92 Å². The second-order valence-electron chi connectivity index (χ2n) is 2.35. The molecule has 1 aliphatic heterocycles. The van der Waals surface area contributed by atoms with Gasteiger partial charge >= 0.3 is 0 Å². The standard InChI is InChI=1S/C6H11NO/c1-5(8)2-3-6-4-7-6/h6-7H,2-4H2,1H3. The van der Waals surface area contributed by atoms with Gasteiger partial charge < -0.3 is 10.1 Å². The fourth-order valence-corrected chi connectivity index (χ4v) is 0.665. The van der Waals surface area contributed by atoms with Crippen LogP contribution in [0, 0.1) is 0 Å². The third-order valence-electron chi connectivity index (χ3n) is 1.34. The Morgan fingerprint density at radius 3 is 2.88 bits per heavy atom. The molecule has 1 unspecified atom stereocenters. The number of hydrogen-bond donors (Lipinski definition) is 1. The van der Waals surface area contributed by atoms with Gasteiger partial charge in [-0.25, -0.2) is 0 Å². The lowest BCUT2D eigenvalue weighted by molar-refractivity contribution is -0.117. The van der Waals surface area contributed by atoms with Gasteiger partial charge in [-0.15, -0.1) is 0 Å². The molecule has 1 heterocycles. The van der Waals surface area contributed by atoms with E-state index < -0.39 is 0 Å². The predicted octanol–water partition coefficient (Wildman–Crippen LogP) is 0.327. The van der Waals surface area contributed by atoms with Crippen LogP contribution in [0.15, 0.2) is 0 Å². The van der Waals surface area contributed by atoms with Crippen LogP contribution in [0.25, 0.3) is 0 Å². The number of Topliss-reactive ketones (excluding diaryl/α,β-unsaturated/α-hetero) is 1. The molecule has 0 aromatic carbocycles.